The molecule has 2 aromatic rings. The lowest BCUT2D eigenvalue weighted by Gasteiger charge is -2.10. The highest BCUT2D eigenvalue weighted by Gasteiger charge is 2.20. The van der Waals surface area contributed by atoms with Gasteiger partial charge in [-0.15, -0.1) is 0 Å². The summed E-state index contributed by atoms with van der Waals surface area (Å²) in [5, 5.41) is 11.3. The molecule has 0 N–H and O–H groups in total. The second-order valence-electron chi connectivity index (χ2n) is 8.48. The van der Waals surface area contributed by atoms with Crippen molar-refractivity contribution in [3.63, 3.8) is 0 Å². The van der Waals surface area contributed by atoms with Crippen LogP contribution < -0.4 is 0 Å². The first-order chi connectivity index (χ1) is 20.8. The summed E-state index contributed by atoms with van der Waals surface area (Å²) in [6.45, 7) is 0.275. The number of fused-ring (bicyclic) bond motifs is 4. The maximum absolute atomic E-state index is 12.4. The van der Waals surface area contributed by atoms with E-state index in [9.17, 15) is 29.3 Å². The Morgan fingerprint density at radius 3 is 1.14 bits per heavy atom. The highest BCUT2D eigenvalue weighted by atomic mass is 16.6. The molecule has 0 saturated carbocycles. The van der Waals surface area contributed by atoms with Gasteiger partial charge in [0, 0.05) is 24.5 Å². The van der Waals surface area contributed by atoms with Gasteiger partial charge in [0.25, 0.3) is 5.69 Å². The largest absolute Gasteiger partial charge is 0.460 e. The fourth-order valence-corrected chi connectivity index (χ4v) is 3.37. The third-order valence-electron chi connectivity index (χ3n) is 5.40. The number of aromatic nitrogens is 1. The predicted octanol–water partition coefficient (Wildman–Crippen LogP) is 1.40. The molecule has 0 amide bonds. The number of nitrogens with zero attached hydrogens (tertiary/aromatic N) is 2. The van der Waals surface area contributed by atoms with Crippen LogP contribution in [-0.4, -0.2) is 113 Å². The highest BCUT2D eigenvalue weighted by molar-refractivity contribution is 5.96. The third kappa shape index (κ3) is 11.7. The van der Waals surface area contributed by atoms with Crippen LogP contribution in [-0.2, 0) is 37.9 Å². The number of cyclic esters (lactones) is 4. The molecular weight excluding hydrogens is 576 g/mol. The van der Waals surface area contributed by atoms with Crippen molar-refractivity contribution in [1.82, 2.24) is 4.98 Å². The van der Waals surface area contributed by atoms with Crippen LogP contribution in [0.3, 0.4) is 0 Å². The predicted molar refractivity (Wildman–Crippen MR) is 142 cm³/mol. The summed E-state index contributed by atoms with van der Waals surface area (Å²) in [5.41, 5.74) is -0.782. The van der Waals surface area contributed by atoms with Gasteiger partial charge in [0.1, 0.15) is 26.4 Å². The van der Waals surface area contributed by atoms with E-state index >= 15 is 0 Å². The van der Waals surface area contributed by atoms with Crippen LogP contribution in [0.4, 0.5) is 5.69 Å². The topological polar surface area (TPSA) is 198 Å². The summed E-state index contributed by atoms with van der Waals surface area (Å²) < 4.78 is 41.6. The highest BCUT2D eigenvalue weighted by Crippen LogP contribution is 2.19. The summed E-state index contributed by atoms with van der Waals surface area (Å²) in [5.74, 6) is -3.18. The fraction of sp³-hybridized carbons (Fsp3) is 0.444. The second kappa shape index (κ2) is 18.1. The first-order valence-electron chi connectivity index (χ1n) is 13.1. The van der Waals surface area contributed by atoms with Gasteiger partial charge in [-0.05, 0) is 12.1 Å². The number of hydrogen-bond acceptors (Lipinski definition) is 15. The average molecular weight is 607 g/mol. The zero-order valence-electron chi connectivity index (χ0n) is 23.1. The number of benzene rings is 1. The molecule has 1 aromatic carbocycles. The van der Waals surface area contributed by atoms with E-state index in [1.165, 1.54) is 18.5 Å². The lowest BCUT2D eigenvalue weighted by atomic mass is 10.1. The van der Waals surface area contributed by atoms with Crippen LogP contribution >= 0.6 is 0 Å². The first kappa shape index (κ1) is 33.0. The summed E-state index contributed by atoms with van der Waals surface area (Å²) in [6, 6.07) is 4.41. The van der Waals surface area contributed by atoms with Gasteiger partial charge < -0.3 is 37.9 Å². The Morgan fingerprint density at radius 1 is 0.488 bits per heavy atom. The van der Waals surface area contributed by atoms with E-state index in [0.29, 0.717) is 0 Å². The third-order valence-corrected chi connectivity index (χ3v) is 5.40. The van der Waals surface area contributed by atoms with E-state index < -0.39 is 34.5 Å². The molecule has 3 rings (SSSR count). The summed E-state index contributed by atoms with van der Waals surface area (Å²) in [7, 11) is 0. The zero-order valence-corrected chi connectivity index (χ0v) is 23.1. The van der Waals surface area contributed by atoms with Crippen molar-refractivity contribution >= 4 is 29.6 Å². The molecule has 16 nitrogen and oxygen atoms in total. The van der Waals surface area contributed by atoms with Crippen LogP contribution in [0.15, 0.2) is 36.7 Å². The van der Waals surface area contributed by atoms with Gasteiger partial charge in [0.15, 0.2) is 0 Å². The molecule has 1 aliphatic heterocycles. The van der Waals surface area contributed by atoms with E-state index in [1.807, 2.05) is 0 Å². The van der Waals surface area contributed by atoms with E-state index in [0.717, 1.165) is 18.2 Å². The Hall–Kier alpha value is -4.51. The molecular formula is C27H30N2O14. The van der Waals surface area contributed by atoms with Gasteiger partial charge in [-0.25, -0.2) is 19.2 Å². The molecule has 0 fully saturated rings. The molecule has 0 radical (unpaired) electrons. The molecule has 43 heavy (non-hydrogen) atoms. The summed E-state index contributed by atoms with van der Waals surface area (Å²) >= 11 is 0. The fourth-order valence-electron chi connectivity index (χ4n) is 3.37. The number of nitro benzene ring substituents is 1. The van der Waals surface area contributed by atoms with Crippen molar-refractivity contribution in [2.75, 3.05) is 79.3 Å². The Morgan fingerprint density at radius 2 is 0.791 bits per heavy atom. The molecule has 0 atom stereocenters. The SMILES string of the molecule is O=C1OCCOCCOCCOC(=O)c2cc(cc([N+](=O)[O-])c2)C(=O)OCCOCCOCCOC(=O)c2cncc1c2. The van der Waals surface area contributed by atoms with Crippen LogP contribution in [0, 0.1) is 10.1 Å². The molecule has 0 spiro atoms. The number of nitro groups is 1. The number of rotatable bonds is 1. The van der Waals surface area contributed by atoms with Gasteiger partial charge in [0.05, 0.1) is 80.0 Å². The number of esters is 4. The summed E-state index contributed by atoms with van der Waals surface area (Å²) in [6.07, 6.45) is 2.51. The average Bonchev–Trinajstić information content (AvgIpc) is 3.01. The number of carbonyl (C=O) groups excluding carboxylic acids is 4. The Bertz CT molecular complexity index is 1190. The van der Waals surface area contributed by atoms with Gasteiger partial charge >= 0.3 is 23.9 Å². The minimum absolute atomic E-state index is 0.00469. The van der Waals surface area contributed by atoms with Crippen molar-refractivity contribution in [2.24, 2.45) is 0 Å². The monoisotopic (exact) mass is 606 g/mol. The number of pyridine rings is 1. The molecule has 1 aromatic heterocycles. The number of non-ortho nitro benzene ring substituents is 1. The molecule has 0 unspecified atom stereocenters. The first-order valence-corrected chi connectivity index (χ1v) is 13.1. The number of carbonyl (C=O) groups is 4. The van der Waals surface area contributed by atoms with Crippen LogP contribution in [0.2, 0.25) is 0 Å². The second-order valence-corrected chi connectivity index (χ2v) is 8.48. The van der Waals surface area contributed by atoms with Crippen molar-refractivity contribution < 1.29 is 62.0 Å². The molecule has 1 aliphatic rings. The lowest BCUT2D eigenvalue weighted by Crippen LogP contribution is -2.17. The minimum atomic E-state index is -0.891. The van der Waals surface area contributed by atoms with E-state index in [-0.39, 0.29) is 102 Å². The lowest BCUT2D eigenvalue weighted by molar-refractivity contribution is -0.384. The van der Waals surface area contributed by atoms with Gasteiger partial charge in [-0.2, -0.15) is 0 Å². The standard InChI is InChI=1S/C27H30N2O14/c30-24-19-13-20(16-23(15-19)29(34)35)25(31)41-10-6-37-2-4-39-8-12-43-27(33)22-14-21(17-28-18-22)26(32)42-11-7-38-3-1-36-5-9-40-24/h13-18H,1-12H2. The van der Waals surface area contributed by atoms with Crippen molar-refractivity contribution in [1.29, 1.82) is 0 Å². The normalized spacial score (nSPS) is 17.9. The van der Waals surface area contributed by atoms with Crippen molar-refractivity contribution in [2.45, 2.75) is 0 Å². The quantitative estimate of drug-likeness (QED) is 0.195. The molecule has 0 saturated heterocycles. The Balaban J connectivity index is 1.55. The van der Waals surface area contributed by atoms with Crippen LogP contribution in [0.25, 0.3) is 0 Å². The Labute approximate surface area is 245 Å². The molecule has 0 aliphatic carbocycles. The number of ether oxygens (including phenoxy) is 8. The van der Waals surface area contributed by atoms with Gasteiger partial charge in [0.2, 0.25) is 0 Å². The Kier molecular flexibility index (Phi) is 13.9. The number of hydrogen-bond donors (Lipinski definition) is 0. The van der Waals surface area contributed by atoms with E-state index in [2.05, 4.69) is 4.98 Å². The molecule has 4 bridgehead atoms. The minimum Gasteiger partial charge on any atom is -0.460 e. The molecule has 232 valence electrons. The maximum Gasteiger partial charge on any atom is 0.339 e. The van der Waals surface area contributed by atoms with Gasteiger partial charge in [-0.1, -0.05) is 0 Å². The van der Waals surface area contributed by atoms with Crippen molar-refractivity contribution in [3.8, 4) is 0 Å². The van der Waals surface area contributed by atoms with E-state index in [1.54, 1.807) is 0 Å². The molecule has 2 heterocycles. The summed E-state index contributed by atoms with van der Waals surface area (Å²) in [4.78, 5) is 63.8. The maximum atomic E-state index is 12.4. The zero-order chi connectivity index (χ0) is 30.9. The van der Waals surface area contributed by atoms with E-state index in [4.69, 9.17) is 37.9 Å². The van der Waals surface area contributed by atoms with Crippen molar-refractivity contribution in [3.05, 3.63) is 69.0 Å². The smallest absolute Gasteiger partial charge is 0.339 e. The van der Waals surface area contributed by atoms with Gasteiger partial charge in [-0.3, -0.25) is 15.1 Å². The molecule has 16 heteroatoms. The van der Waals surface area contributed by atoms with Crippen LogP contribution in [0.5, 0.6) is 0 Å². The van der Waals surface area contributed by atoms with Crippen LogP contribution in [0.1, 0.15) is 41.4 Å².